The van der Waals surface area contributed by atoms with Crippen molar-refractivity contribution in [2.24, 2.45) is 5.10 Å². The molecule has 186 valence electrons. The van der Waals surface area contributed by atoms with Gasteiger partial charge in [0.1, 0.15) is 11.5 Å². The van der Waals surface area contributed by atoms with Crippen LogP contribution < -0.4 is 20.2 Å². The van der Waals surface area contributed by atoms with E-state index in [4.69, 9.17) is 9.47 Å². The molecule has 2 amide bonds. The van der Waals surface area contributed by atoms with Gasteiger partial charge >= 0.3 is 5.97 Å². The van der Waals surface area contributed by atoms with Crippen LogP contribution in [0.3, 0.4) is 0 Å². The summed E-state index contributed by atoms with van der Waals surface area (Å²) >= 11 is 3.37. The van der Waals surface area contributed by atoms with E-state index in [1.165, 1.54) is 6.21 Å². The number of carbonyl (C=O) groups is 3. The molecule has 0 heterocycles. The molecule has 36 heavy (non-hydrogen) atoms. The van der Waals surface area contributed by atoms with Gasteiger partial charge in [0.15, 0.2) is 0 Å². The lowest BCUT2D eigenvalue weighted by Crippen LogP contribution is -2.34. The highest BCUT2D eigenvalue weighted by Crippen LogP contribution is 2.23. The average Bonchev–Trinajstić information content (AvgIpc) is 2.88. The number of benzene rings is 3. The molecule has 9 heteroatoms. The predicted octanol–water partition coefficient (Wildman–Crippen LogP) is 4.65. The number of aryl methyl sites for hydroxylation is 1. The van der Waals surface area contributed by atoms with Gasteiger partial charge in [0, 0.05) is 15.6 Å². The number of ether oxygens (including phenoxy) is 2. The summed E-state index contributed by atoms with van der Waals surface area (Å²) in [5, 5.41) is 6.46. The van der Waals surface area contributed by atoms with Gasteiger partial charge in [0.25, 0.3) is 11.8 Å². The average molecular weight is 552 g/mol. The van der Waals surface area contributed by atoms with Crippen LogP contribution in [0.2, 0.25) is 0 Å². The molecular formula is C27H26BrN3O5. The van der Waals surface area contributed by atoms with E-state index in [1.54, 1.807) is 54.6 Å². The Hall–Kier alpha value is -3.98. The quantitative estimate of drug-likeness (QED) is 0.165. The van der Waals surface area contributed by atoms with Gasteiger partial charge in [-0.3, -0.25) is 9.59 Å². The second-order valence-electron chi connectivity index (χ2n) is 7.79. The van der Waals surface area contributed by atoms with Gasteiger partial charge in [0.2, 0.25) is 0 Å². The Morgan fingerprint density at radius 1 is 0.972 bits per heavy atom. The van der Waals surface area contributed by atoms with Gasteiger partial charge in [-0.25, -0.2) is 10.2 Å². The Labute approximate surface area is 217 Å². The Morgan fingerprint density at radius 3 is 2.36 bits per heavy atom. The maximum Gasteiger partial charge on any atom is 0.343 e. The first kappa shape index (κ1) is 26.6. The van der Waals surface area contributed by atoms with Crippen LogP contribution >= 0.6 is 15.9 Å². The third-order valence-electron chi connectivity index (χ3n) is 4.85. The second-order valence-corrected chi connectivity index (χ2v) is 8.70. The summed E-state index contributed by atoms with van der Waals surface area (Å²) in [7, 11) is 0. The highest BCUT2D eigenvalue weighted by molar-refractivity contribution is 9.10. The van der Waals surface area contributed by atoms with Crippen LogP contribution in [-0.4, -0.2) is 37.1 Å². The number of hydrogen-bond acceptors (Lipinski definition) is 6. The van der Waals surface area contributed by atoms with Gasteiger partial charge in [-0.05, 0) is 67.9 Å². The molecule has 0 spiro atoms. The minimum atomic E-state index is -0.518. The number of rotatable bonds is 10. The number of amides is 2. The standard InChI is InChI=1S/C27H26BrN3O5/c1-3-14-35-23-11-8-19(9-12-23)26(33)29-17-25(32)31-30-16-21-15-22(28)10-13-24(21)36-27(34)20-6-4-18(2)5-7-20/h4-13,15-16H,3,14,17H2,1-2H3,(H,29,33)(H,31,32)/b30-16+. The molecule has 0 aliphatic rings. The summed E-state index contributed by atoms with van der Waals surface area (Å²) in [6.07, 6.45) is 2.25. The SMILES string of the molecule is CCCOc1ccc(C(=O)NCC(=O)N/N=C/c2cc(Br)ccc2OC(=O)c2ccc(C)cc2)cc1. The molecule has 2 N–H and O–H groups in total. The number of esters is 1. The third kappa shape index (κ3) is 8.06. The lowest BCUT2D eigenvalue weighted by Gasteiger charge is -2.08. The first-order chi connectivity index (χ1) is 17.4. The van der Waals surface area contributed by atoms with Crippen LogP contribution in [0.1, 0.15) is 45.2 Å². The fraction of sp³-hybridized carbons (Fsp3) is 0.185. The number of nitrogens with one attached hydrogen (secondary N) is 2. The fourth-order valence-electron chi connectivity index (χ4n) is 2.96. The number of halogens is 1. The van der Waals surface area contributed by atoms with Gasteiger partial charge in [0.05, 0.1) is 24.9 Å². The van der Waals surface area contributed by atoms with Gasteiger partial charge < -0.3 is 14.8 Å². The molecule has 8 nitrogen and oxygen atoms in total. The van der Waals surface area contributed by atoms with Crippen molar-refractivity contribution in [3.63, 3.8) is 0 Å². The molecular weight excluding hydrogens is 526 g/mol. The highest BCUT2D eigenvalue weighted by Gasteiger charge is 2.12. The maximum absolute atomic E-state index is 12.5. The predicted molar refractivity (Wildman–Crippen MR) is 141 cm³/mol. The molecule has 0 unspecified atom stereocenters. The lowest BCUT2D eigenvalue weighted by molar-refractivity contribution is -0.120. The largest absolute Gasteiger partial charge is 0.494 e. The van der Waals surface area contributed by atoms with E-state index in [-0.39, 0.29) is 12.3 Å². The van der Waals surface area contributed by atoms with E-state index in [0.717, 1.165) is 16.5 Å². The van der Waals surface area contributed by atoms with E-state index >= 15 is 0 Å². The Kier molecular flexibility index (Phi) is 9.76. The zero-order valence-corrected chi connectivity index (χ0v) is 21.5. The van der Waals surface area contributed by atoms with Gasteiger partial charge in [-0.15, -0.1) is 0 Å². The second kappa shape index (κ2) is 13.2. The molecule has 3 rings (SSSR count). The molecule has 0 radical (unpaired) electrons. The molecule has 0 aliphatic heterocycles. The fourth-order valence-corrected chi connectivity index (χ4v) is 3.34. The minimum Gasteiger partial charge on any atom is -0.494 e. The van der Waals surface area contributed by atoms with Crippen LogP contribution in [0.25, 0.3) is 0 Å². The lowest BCUT2D eigenvalue weighted by atomic mass is 10.1. The number of carbonyl (C=O) groups excluding carboxylic acids is 3. The van der Waals surface area contributed by atoms with E-state index in [9.17, 15) is 14.4 Å². The molecule has 0 fully saturated rings. The van der Waals surface area contributed by atoms with Crippen molar-refractivity contribution in [1.82, 2.24) is 10.7 Å². The zero-order chi connectivity index (χ0) is 25.9. The zero-order valence-electron chi connectivity index (χ0n) is 19.9. The van der Waals surface area contributed by atoms with Crippen molar-refractivity contribution in [2.45, 2.75) is 20.3 Å². The molecule has 0 saturated heterocycles. The van der Waals surface area contributed by atoms with Crippen molar-refractivity contribution in [1.29, 1.82) is 0 Å². The van der Waals surface area contributed by atoms with Crippen molar-refractivity contribution in [2.75, 3.05) is 13.2 Å². The summed E-state index contributed by atoms with van der Waals surface area (Å²) in [6, 6.07) is 18.7. The van der Waals surface area contributed by atoms with Crippen LogP contribution in [0, 0.1) is 6.92 Å². The van der Waals surface area contributed by atoms with Gasteiger partial charge in [-0.1, -0.05) is 40.5 Å². The summed E-state index contributed by atoms with van der Waals surface area (Å²) in [5.41, 5.74) is 4.67. The normalized spacial score (nSPS) is 10.6. The monoisotopic (exact) mass is 551 g/mol. The van der Waals surface area contributed by atoms with E-state index < -0.39 is 17.8 Å². The maximum atomic E-state index is 12.5. The Bertz CT molecular complexity index is 1240. The van der Waals surface area contributed by atoms with Crippen LogP contribution in [-0.2, 0) is 4.79 Å². The van der Waals surface area contributed by atoms with E-state index in [0.29, 0.717) is 29.0 Å². The molecule has 0 saturated carbocycles. The Morgan fingerprint density at radius 2 is 1.67 bits per heavy atom. The van der Waals surface area contributed by atoms with Crippen LogP contribution in [0.15, 0.2) is 76.3 Å². The van der Waals surface area contributed by atoms with Crippen molar-refractivity contribution in [3.05, 3.63) is 93.5 Å². The molecule has 0 atom stereocenters. The first-order valence-corrected chi connectivity index (χ1v) is 12.1. The number of hydrogen-bond donors (Lipinski definition) is 2. The smallest absolute Gasteiger partial charge is 0.343 e. The van der Waals surface area contributed by atoms with E-state index in [1.807, 2.05) is 26.0 Å². The highest BCUT2D eigenvalue weighted by atomic mass is 79.9. The van der Waals surface area contributed by atoms with E-state index in [2.05, 4.69) is 31.8 Å². The molecule has 0 bridgehead atoms. The van der Waals surface area contributed by atoms with Crippen LogP contribution in [0.5, 0.6) is 11.5 Å². The van der Waals surface area contributed by atoms with Crippen LogP contribution in [0.4, 0.5) is 0 Å². The van der Waals surface area contributed by atoms with Crippen molar-refractivity contribution in [3.8, 4) is 11.5 Å². The van der Waals surface area contributed by atoms with Crippen molar-refractivity contribution < 1.29 is 23.9 Å². The number of hydrazone groups is 1. The topological polar surface area (TPSA) is 106 Å². The summed E-state index contributed by atoms with van der Waals surface area (Å²) in [6.45, 7) is 4.27. The summed E-state index contributed by atoms with van der Waals surface area (Å²) in [5.74, 6) is -0.466. The minimum absolute atomic E-state index is 0.266. The number of nitrogens with zero attached hydrogens (tertiary/aromatic N) is 1. The third-order valence-corrected chi connectivity index (χ3v) is 5.35. The molecule has 0 aromatic heterocycles. The van der Waals surface area contributed by atoms with Crippen molar-refractivity contribution >= 4 is 39.9 Å². The first-order valence-electron chi connectivity index (χ1n) is 11.3. The molecule has 3 aromatic rings. The molecule has 3 aromatic carbocycles. The molecule has 0 aliphatic carbocycles. The summed E-state index contributed by atoms with van der Waals surface area (Å²) in [4.78, 5) is 36.9. The summed E-state index contributed by atoms with van der Waals surface area (Å²) < 4.78 is 11.7. The Balaban J connectivity index is 1.54. The van der Waals surface area contributed by atoms with Gasteiger partial charge in [-0.2, -0.15) is 5.10 Å².